The number of nitrogens with one attached hydrogen (secondary N) is 1. The van der Waals surface area contributed by atoms with Crippen molar-refractivity contribution in [3.8, 4) is 0 Å². The molecule has 2 N–H and O–H groups in total. The molecule has 1 heterocycles. The first-order valence-electron chi connectivity index (χ1n) is 5.91. The number of hydrogen-bond acceptors (Lipinski definition) is 3. The van der Waals surface area contributed by atoms with Crippen molar-refractivity contribution in [2.75, 3.05) is 6.54 Å². The summed E-state index contributed by atoms with van der Waals surface area (Å²) in [6.07, 6.45) is 3.44. The van der Waals surface area contributed by atoms with Crippen molar-refractivity contribution >= 4 is 0 Å². The minimum atomic E-state index is -0.282. The Morgan fingerprint density at radius 3 is 2.62 bits per heavy atom. The highest BCUT2D eigenvalue weighted by Crippen LogP contribution is 2.08. The largest absolute Gasteiger partial charge is 0.392 e. The third-order valence-electron chi connectivity index (χ3n) is 2.73. The van der Waals surface area contributed by atoms with Crippen molar-refractivity contribution in [3.63, 3.8) is 0 Å². The third kappa shape index (κ3) is 3.61. The van der Waals surface area contributed by atoms with Crippen LogP contribution in [0.15, 0.2) is 12.5 Å². The first-order chi connectivity index (χ1) is 7.52. The predicted molar refractivity (Wildman–Crippen MR) is 65.2 cm³/mol. The lowest BCUT2D eigenvalue weighted by molar-refractivity contribution is 0.123. The number of hydrogen-bond donors (Lipinski definition) is 2. The fraction of sp³-hybridized carbons (Fsp3) is 0.750. The van der Waals surface area contributed by atoms with Gasteiger partial charge in [-0.1, -0.05) is 13.8 Å². The monoisotopic (exact) mass is 225 g/mol. The maximum absolute atomic E-state index is 9.65. The number of nitrogens with zero attached hydrogens (tertiary/aromatic N) is 2. The Morgan fingerprint density at radius 2 is 2.06 bits per heavy atom. The van der Waals surface area contributed by atoms with Crippen molar-refractivity contribution in [3.05, 3.63) is 18.2 Å². The maximum Gasteiger partial charge on any atom is 0.0951 e. The highest BCUT2D eigenvalue weighted by molar-refractivity contribution is 4.99. The molecule has 92 valence electrons. The maximum atomic E-state index is 9.65. The van der Waals surface area contributed by atoms with Crippen LogP contribution in [0.25, 0.3) is 0 Å². The van der Waals surface area contributed by atoms with Crippen LogP contribution in [-0.4, -0.2) is 27.3 Å². The lowest BCUT2D eigenvalue weighted by Crippen LogP contribution is -2.30. The van der Waals surface area contributed by atoms with Crippen LogP contribution in [0, 0.1) is 5.92 Å². The molecule has 1 atom stereocenters. The summed E-state index contributed by atoms with van der Waals surface area (Å²) in [5, 5.41) is 12.9. The molecule has 0 saturated carbocycles. The van der Waals surface area contributed by atoms with Crippen LogP contribution in [0.4, 0.5) is 0 Å². The second-order valence-electron chi connectivity index (χ2n) is 4.83. The zero-order valence-electron chi connectivity index (χ0n) is 10.6. The van der Waals surface area contributed by atoms with Crippen molar-refractivity contribution < 1.29 is 5.11 Å². The lowest BCUT2D eigenvalue weighted by atomic mass is 10.1. The summed E-state index contributed by atoms with van der Waals surface area (Å²) in [5.74, 6) is 0.294. The fourth-order valence-electron chi connectivity index (χ4n) is 1.52. The summed E-state index contributed by atoms with van der Waals surface area (Å²) in [5.41, 5.74) is 1.16. The van der Waals surface area contributed by atoms with Crippen LogP contribution in [0.2, 0.25) is 0 Å². The van der Waals surface area contributed by atoms with Gasteiger partial charge in [-0.05, 0) is 19.8 Å². The molecule has 0 aliphatic heterocycles. The molecule has 1 rings (SSSR count). The topological polar surface area (TPSA) is 50.1 Å². The molecule has 0 spiro atoms. The molecule has 0 aromatic carbocycles. The van der Waals surface area contributed by atoms with Gasteiger partial charge in [-0.25, -0.2) is 4.98 Å². The fourth-order valence-corrected chi connectivity index (χ4v) is 1.52. The number of aromatic nitrogens is 2. The minimum absolute atomic E-state index is 0.282. The van der Waals surface area contributed by atoms with Crippen LogP contribution in [0.1, 0.15) is 39.4 Å². The van der Waals surface area contributed by atoms with Crippen molar-refractivity contribution in [1.82, 2.24) is 14.9 Å². The van der Waals surface area contributed by atoms with E-state index in [9.17, 15) is 5.11 Å². The summed E-state index contributed by atoms with van der Waals surface area (Å²) < 4.78 is 2.13. The Bertz CT molecular complexity index is 307. The number of aliphatic hydroxyl groups excluding tert-OH is 1. The van der Waals surface area contributed by atoms with E-state index >= 15 is 0 Å². The standard InChI is InChI=1S/C12H23N3O/c1-9(2)12(16)7-13-5-11-6-14-8-15(11)10(3)4/h6,8-10,12-13,16H,5,7H2,1-4H3. The molecule has 0 aliphatic rings. The van der Waals surface area contributed by atoms with Gasteiger partial charge in [0.15, 0.2) is 0 Å². The Hall–Kier alpha value is -0.870. The van der Waals surface area contributed by atoms with E-state index in [1.807, 2.05) is 26.4 Å². The highest BCUT2D eigenvalue weighted by Gasteiger charge is 2.09. The average molecular weight is 225 g/mol. The average Bonchev–Trinajstić information content (AvgIpc) is 2.65. The zero-order valence-corrected chi connectivity index (χ0v) is 10.6. The lowest BCUT2D eigenvalue weighted by Gasteiger charge is -2.16. The molecule has 0 radical (unpaired) electrons. The predicted octanol–water partition coefficient (Wildman–Crippen LogP) is 1.57. The molecule has 4 nitrogen and oxygen atoms in total. The molecule has 4 heteroatoms. The number of aliphatic hydroxyl groups is 1. The Kier molecular flexibility index (Phi) is 4.96. The molecule has 1 unspecified atom stereocenters. The van der Waals surface area contributed by atoms with Crippen LogP contribution in [0.3, 0.4) is 0 Å². The van der Waals surface area contributed by atoms with Gasteiger partial charge in [-0.3, -0.25) is 0 Å². The summed E-state index contributed by atoms with van der Waals surface area (Å²) >= 11 is 0. The molecule has 0 bridgehead atoms. The normalized spacial score (nSPS) is 13.7. The van der Waals surface area contributed by atoms with Crippen LogP contribution in [-0.2, 0) is 6.54 Å². The molecule has 0 fully saturated rings. The van der Waals surface area contributed by atoms with E-state index in [0.717, 1.165) is 12.2 Å². The minimum Gasteiger partial charge on any atom is -0.392 e. The molecule has 1 aromatic rings. The molecular weight excluding hydrogens is 202 g/mol. The highest BCUT2D eigenvalue weighted by atomic mass is 16.3. The summed E-state index contributed by atoms with van der Waals surface area (Å²) in [7, 11) is 0. The van der Waals surface area contributed by atoms with Gasteiger partial charge in [0.05, 0.1) is 18.1 Å². The SMILES string of the molecule is CC(C)C(O)CNCc1cncn1C(C)C. The molecular formula is C12H23N3O. The Labute approximate surface area is 97.7 Å². The third-order valence-corrected chi connectivity index (χ3v) is 2.73. The zero-order chi connectivity index (χ0) is 12.1. The van der Waals surface area contributed by atoms with E-state index < -0.39 is 0 Å². The van der Waals surface area contributed by atoms with E-state index in [1.165, 1.54) is 0 Å². The number of rotatable bonds is 6. The van der Waals surface area contributed by atoms with E-state index in [2.05, 4.69) is 28.7 Å². The van der Waals surface area contributed by atoms with E-state index in [0.29, 0.717) is 18.5 Å². The van der Waals surface area contributed by atoms with Crippen LogP contribution < -0.4 is 5.32 Å². The summed E-state index contributed by atoms with van der Waals surface area (Å²) in [6, 6.07) is 0.425. The van der Waals surface area contributed by atoms with Gasteiger partial charge < -0.3 is 15.0 Å². The molecule has 1 aromatic heterocycles. The molecule has 0 amide bonds. The van der Waals surface area contributed by atoms with Crippen LogP contribution >= 0.6 is 0 Å². The first-order valence-corrected chi connectivity index (χ1v) is 5.91. The van der Waals surface area contributed by atoms with E-state index in [4.69, 9.17) is 0 Å². The van der Waals surface area contributed by atoms with E-state index in [1.54, 1.807) is 0 Å². The van der Waals surface area contributed by atoms with Crippen molar-refractivity contribution in [2.45, 2.75) is 46.4 Å². The quantitative estimate of drug-likeness (QED) is 0.772. The van der Waals surface area contributed by atoms with E-state index in [-0.39, 0.29) is 6.10 Å². The van der Waals surface area contributed by atoms with Gasteiger partial charge in [0, 0.05) is 25.3 Å². The molecule has 16 heavy (non-hydrogen) atoms. The van der Waals surface area contributed by atoms with Gasteiger partial charge in [-0.2, -0.15) is 0 Å². The second kappa shape index (κ2) is 6.01. The Morgan fingerprint density at radius 1 is 1.38 bits per heavy atom. The van der Waals surface area contributed by atoms with Gasteiger partial charge >= 0.3 is 0 Å². The summed E-state index contributed by atoms with van der Waals surface area (Å²) in [6.45, 7) is 9.68. The van der Waals surface area contributed by atoms with Gasteiger partial charge in [0.1, 0.15) is 0 Å². The molecule has 0 saturated heterocycles. The smallest absolute Gasteiger partial charge is 0.0951 e. The van der Waals surface area contributed by atoms with Crippen LogP contribution in [0.5, 0.6) is 0 Å². The van der Waals surface area contributed by atoms with Crippen molar-refractivity contribution in [2.24, 2.45) is 5.92 Å². The van der Waals surface area contributed by atoms with Gasteiger partial charge in [0.25, 0.3) is 0 Å². The van der Waals surface area contributed by atoms with Gasteiger partial charge in [-0.15, -0.1) is 0 Å². The second-order valence-corrected chi connectivity index (χ2v) is 4.83. The molecule has 0 aliphatic carbocycles. The number of imidazole rings is 1. The van der Waals surface area contributed by atoms with Gasteiger partial charge in [0.2, 0.25) is 0 Å². The van der Waals surface area contributed by atoms with Crippen molar-refractivity contribution in [1.29, 1.82) is 0 Å². The Balaban J connectivity index is 2.40. The summed E-state index contributed by atoms with van der Waals surface area (Å²) in [4.78, 5) is 4.14. The first kappa shape index (κ1) is 13.2.